The lowest BCUT2D eigenvalue weighted by atomic mass is 9.89. The normalized spacial score (nSPS) is 22.0. The second kappa shape index (κ2) is 7.91. The molecule has 2 aliphatic rings. The molecule has 1 saturated heterocycles. The molecule has 0 radical (unpaired) electrons. The largest absolute Gasteiger partial charge is 0.314 e. The molecule has 0 spiro atoms. The van der Waals surface area contributed by atoms with Crippen LogP contribution in [0, 0.1) is 11.7 Å². The quantitative estimate of drug-likeness (QED) is 0.851. The summed E-state index contributed by atoms with van der Waals surface area (Å²) >= 11 is 3.58. The van der Waals surface area contributed by atoms with Crippen LogP contribution in [-0.4, -0.2) is 31.1 Å². The lowest BCUT2D eigenvalue weighted by Crippen LogP contribution is -2.46. The molecule has 0 amide bonds. The number of nitrogens with one attached hydrogen (secondary N) is 1. The Hall–Kier alpha value is -0.160. The molecule has 1 aliphatic heterocycles. The van der Waals surface area contributed by atoms with E-state index in [0.29, 0.717) is 6.04 Å². The Morgan fingerprint density at radius 3 is 2.48 bits per heavy atom. The lowest BCUT2D eigenvalue weighted by Gasteiger charge is -2.39. The minimum Gasteiger partial charge on any atom is -0.314 e. The maximum atomic E-state index is 13.4. The van der Waals surface area contributed by atoms with E-state index in [0.717, 1.165) is 36.6 Å². The first-order valence-electron chi connectivity index (χ1n) is 7.65. The van der Waals surface area contributed by atoms with Crippen molar-refractivity contribution in [2.45, 2.75) is 31.7 Å². The third-order valence-electron chi connectivity index (χ3n) is 4.67. The molecule has 5 heteroatoms. The average molecular weight is 378 g/mol. The molecule has 1 saturated carbocycles. The summed E-state index contributed by atoms with van der Waals surface area (Å²) < 4.78 is 14.3. The summed E-state index contributed by atoms with van der Waals surface area (Å²) in [5.74, 6) is 0.556. The zero-order valence-corrected chi connectivity index (χ0v) is 14.6. The van der Waals surface area contributed by atoms with Gasteiger partial charge < -0.3 is 5.32 Å². The number of hydrogen-bond donors (Lipinski definition) is 1. The predicted octanol–water partition coefficient (Wildman–Crippen LogP) is 4.15. The number of nitrogens with zero attached hydrogens (tertiary/aromatic N) is 1. The van der Waals surface area contributed by atoms with E-state index in [4.69, 9.17) is 0 Å². The fourth-order valence-electron chi connectivity index (χ4n) is 3.72. The fraction of sp³-hybridized carbons (Fsp3) is 0.625. The maximum absolute atomic E-state index is 13.4. The molecule has 1 aliphatic carbocycles. The molecule has 1 atom stereocenters. The summed E-state index contributed by atoms with van der Waals surface area (Å²) in [6.07, 6.45) is 5.29. The van der Waals surface area contributed by atoms with Crippen molar-refractivity contribution < 1.29 is 4.39 Å². The molecule has 1 aromatic carbocycles. The van der Waals surface area contributed by atoms with Crippen LogP contribution in [0.2, 0.25) is 0 Å². The number of piperazine rings is 1. The molecule has 0 unspecified atom stereocenters. The van der Waals surface area contributed by atoms with Gasteiger partial charge in [-0.3, -0.25) is 4.90 Å². The maximum Gasteiger partial charge on any atom is 0.124 e. The molecule has 0 bridgehead atoms. The van der Waals surface area contributed by atoms with Crippen LogP contribution in [-0.2, 0) is 0 Å². The third kappa shape index (κ3) is 3.98. The van der Waals surface area contributed by atoms with Crippen LogP contribution < -0.4 is 5.32 Å². The van der Waals surface area contributed by atoms with Crippen LogP contribution >= 0.6 is 28.3 Å². The van der Waals surface area contributed by atoms with Gasteiger partial charge in [0.1, 0.15) is 5.82 Å². The molecule has 1 heterocycles. The first-order chi connectivity index (χ1) is 9.75. The number of rotatable bonds is 3. The molecule has 3 rings (SSSR count). The number of hydrogen-bond acceptors (Lipinski definition) is 2. The van der Waals surface area contributed by atoms with Crippen molar-refractivity contribution in [3.63, 3.8) is 0 Å². The fourth-order valence-corrected chi connectivity index (χ4v) is 4.31. The van der Waals surface area contributed by atoms with Gasteiger partial charge in [0.2, 0.25) is 0 Å². The van der Waals surface area contributed by atoms with E-state index in [9.17, 15) is 4.39 Å². The van der Waals surface area contributed by atoms with Gasteiger partial charge in [0.05, 0.1) is 0 Å². The van der Waals surface area contributed by atoms with Crippen molar-refractivity contribution in [1.82, 2.24) is 10.2 Å². The van der Waals surface area contributed by atoms with Crippen molar-refractivity contribution in [3.8, 4) is 0 Å². The van der Waals surface area contributed by atoms with Crippen LogP contribution in [0.15, 0.2) is 22.7 Å². The van der Waals surface area contributed by atoms with Crippen LogP contribution in [0.25, 0.3) is 0 Å². The Kier molecular flexibility index (Phi) is 6.48. The van der Waals surface area contributed by atoms with Gasteiger partial charge in [-0.05, 0) is 36.5 Å². The van der Waals surface area contributed by atoms with Gasteiger partial charge in [-0.2, -0.15) is 0 Å². The third-order valence-corrected chi connectivity index (χ3v) is 5.36. The highest BCUT2D eigenvalue weighted by molar-refractivity contribution is 9.10. The summed E-state index contributed by atoms with van der Waals surface area (Å²) in [6.45, 7) is 4.29. The highest BCUT2D eigenvalue weighted by atomic mass is 79.9. The molecule has 2 nitrogen and oxygen atoms in total. The summed E-state index contributed by atoms with van der Waals surface area (Å²) in [4.78, 5) is 2.59. The minimum atomic E-state index is -0.161. The summed E-state index contributed by atoms with van der Waals surface area (Å²) in [7, 11) is 0. The molecule has 21 heavy (non-hydrogen) atoms. The second-order valence-electron chi connectivity index (χ2n) is 5.94. The molecule has 2 fully saturated rings. The zero-order valence-electron chi connectivity index (χ0n) is 12.2. The topological polar surface area (TPSA) is 15.3 Å². The van der Waals surface area contributed by atoms with Gasteiger partial charge in [0, 0.05) is 36.7 Å². The summed E-state index contributed by atoms with van der Waals surface area (Å²) in [5.41, 5.74) is 1.26. The van der Waals surface area contributed by atoms with Gasteiger partial charge in [-0.15, -0.1) is 12.4 Å². The van der Waals surface area contributed by atoms with Gasteiger partial charge in [-0.1, -0.05) is 34.8 Å². The van der Waals surface area contributed by atoms with Crippen molar-refractivity contribution >= 4 is 28.3 Å². The number of halogens is 3. The van der Waals surface area contributed by atoms with E-state index < -0.39 is 0 Å². The Labute approximate surface area is 141 Å². The Bertz CT molecular complexity index is 460. The highest BCUT2D eigenvalue weighted by Crippen LogP contribution is 2.42. The Morgan fingerprint density at radius 1 is 1.19 bits per heavy atom. The molecule has 0 aromatic heterocycles. The predicted molar refractivity (Wildman–Crippen MR) is 90.5 cm³/mol. The molecule has 1 N–H and O–H groups in total. The van der Waals surface area contributed by atoms with Gasteiger partial charge in [-0.25, -0.2) is 4.39 Å². The first-order valence-corrected chi connectivity index (χ1v) is 8.45. The SMILES string of the molecule is Cl.Fc1ccc([C@H](C2CCCC2)N2CCNCC2)c(Br)c1. The Balaban J connectivity index is 0.00000161. The van der Waals surface area contributed by atoms with E-state index in [1.54, 1.807) is 12.1 Å². The minimum absolute atomic E-state index is 0. The average Bonchev–Trinajstić information content (AvgIpc) is 2.97. The summed E-state index contributed by atoms with van der Waals surface area (Å²) in [5, 5.41) is 3.42. The van der Waals surface area contributed by atoms with Crippen molar-refractivity contribution in [2.75, 3.05) is 26.2 Å². The van der Waals surface area contributed by atoms with E-state index >= 15 is 0 Å². The molecular weight excluding hydrogens is 355 g/mol. The zero-order chi connectivity index (χ0) is 13.9. The smallest absolute Gasteiger partial charge is 0.124 e. The van der Waals surface area contributed by atoms with Crippen molar-refractivity contribution in [2.24, 2.45) is 5.92 Å². The van der Waals surface area contributed by atoms with Gasteiger partial charge in [0.15, 0.2) is 0 Å². The Morgan fingerprint density at radius 2 is 1.86 bits per heavy atom. The van der Waals surface area contributed by atoms with Crippen LogP contribution in [0.4, 0.5) is 4.39 Å². The van der Waals surface area contributed by atoms with E-state index in [1.165, 1.54) is 31.2 Å². The van der Waals surface area contributed by atoms with Crippen molar-refractivity contribution in [3.05, 3.63) is 34.1 Å². The number of benzene rings is 1. The molecular formula is C16H23BrClFN2. The van der Waals surface area contributed by atoms with Crippen LogP contribution in [0.5, 0.6) is 0 Å². The van der Waals surface area contributed by atoms with Crippen molar-refractivity contribution in [1.29, 1.82) is 0 Å². The molecule has 118 valence electrons. The second-order valence-corrected chi connectivity index (χ2v) is 6.80. The van der Waals surface area contributed by atoms with Crippen LogP contribution in [0.1, 0.15) is 37.3 Å². The standard InChI is InChI=1S/C16H22BrFN2.ClH/c17-15-11-13(18)5-6-14(15)16(12-3-1-2-4-12)20-9-7-19-8-10-20;/h5-6,11-12,16,19H,1-4,7-10H2;1H/t16-;/m0./s1. The van der Waals surface area contributed by atoms with Crippen LogP contribution in [0.3, 0.4) is 0 Å². The van der Waals surface area contributed by atoms with E-state index in [2.05, 4.69) is 26.1 Å². The monoisotopic (exact) mass is 376 g/mol. The summed E-state index contributed by atoms with van der Waals surface area (Å²) in [6, 6.07) is 5.63. The van der Waals surface area contributed by atoms with E-state index in [-0.39, 0.29) is 18.2 Å². The molecule has 1 aromatic rings. The lowest BCUT2D eigenvalue weighted by molar-refractivity contribution is 0.125. The van der Waals surface area contributed by atoms with Gasteiger partial charge in [0.25, 0.3) is 0 Å². The van der Waals surface area contributed by atoms with E-state index in [1.807, 2.05) is 6.07 Å². The highest BCUT2D eigenvalue weighted by Gasteiger charge is 2.32. The first kappa shape index (κ1) is 17.2. The van der Waals surface area contributed by atoms with Gasteiger partial charge >= 0.3 is 0 Å².